The molecule has 0 spiro atoms. The molecule has 0 aromatic carbocycles. The van der Waals surface area contributed by atoms with Crippen LogP contribution in [0, 0.1) is 17.2 Å². The van der Waals surface area contributed by atoms with Gasteiger partial charge in [0.1, 0.15) is 11.8 Å². The van der Waals surface area contributed by atoms with Gasteiger partial charge in [-0.05, 0) is 30.9 Å². The summed E-state index contributed by atoms with van der Waals surface area (Å²) in [5.41, 5.74) is 0. The molecule has 1 aliphatic rings. The van der Waals surface area contributed by atoms with Crippen molar-refractivity contribution in [2.24, 2.45) is 5.92 Å². The largest absolute Gasteiger partial charge is 0.449 e. The average molecular weight is 220 g/mol. The Morgan fingerprint density at radius 3 is 3.00 bits per heavy atom. The monoisotopic (exact) mass is 220 g/mol. The maximum atomic E-state index is 8.63. The van der Waals surface area contributed by atoms with E-state index in [1.165, 1.54) is 12.8 Å². The molecule has 4 heteroatoms. The summed E-state index contributed by atoms with van der Waals surface area (Å²) in [6.07, 6.45) is 2.56. The second kappa shape index (κ2) is 5.15. The van der Waals surface area contributed by atoms with Crippen molar-refractivity contribution in [1.82, 2.24) is 5.32 Å². The van der Waals surface area contributed by atoms with Crippen molar-refractivity contribution >= 4 is 0 Å². The molecule has 1 aliphatic carbocycles. The zero-order chi connectivity index (χ0) is 11.4. The number of hydrogen-bond acceptors (Lipinski definition) is 4. The average Bonchev–Trinajstić information content (AvgIpc) is 3.03. The van der Waals surface area contributed by atoms with Gasteiger partial charge in [0.25, 0.3) is 0 Å². The van der Waals surface area contributed by atoms with Crippen molar-refractivity contribution in [3.63, 3.8) is 0 Å². The minimum absolute atomic E-state index is 0.367. The molecule has 1 aromatic rings. The first-order valence-electron chi connectivity index (χ1n) is 5.54. The maximum Gasteiger partial charge on any atom is 0.203 e. The number of ether oxygens (including phenoxy) is 1. The number of nitrogens with one attached hydrogen (secondary N) is 1. The molecule has 0 amide bonds. The van der Waals surface area contributed by atoms with Crippen LogP contribution in [0.5, 0.6) is 0 Å². The van der Waals surface area contributed by atoms with Crippen LogP contribution in [0.2, 0.25) is 0 Å². The molecule has 1 N–H and O–H groups in total. The Morgan fingerprint density at radius 2 is 2.44 bits per heavy atom. The van der Waals surface area contributed by atoms with Crippen molar-refractivity contribution in [3.05, 3.63) is 23.7 Å². The number of methoxy groups -OCH3 is 1. The molecule has 0 radical (unpaired) electrons. The summed E-state index contributed by atoms with van der Waals surface area (Å²) in [5.74, 6) is 1.91. The Kier molecular flexibility index (Phi) is 3.60. The fourth-order valence-corrected chi connectivity index (χ4v) is 1.80. The van der Waals surface area contributed by atoms with E-state index in [2.05, 4.69) is 5.32 Å². The zero-order valence-corrected chi connectivity index (χ0v) is 9.40. The molecule has 0 aliphatic heterocycles. The molecule has 1 atom stereocenters. The smallest absolute Gasteiger partial charge is 0.203 e. The molecule has 86 valence electrons. The van der Waals surface area contributed by atoms with Crippen LogP contribution in [-0.2, 0) is 11.3 Å². The number of nitrogens with zero attached hydrogens (tertiary/aromatic N) is 1. The molecule has 2 rings (SSSR count). The molecule has 16 heavy (non-hydrogen) atoms. The highest BCUT2D eigenvalue weighted by Crippen LogP contribution is 2.32. The van der Waals surface area contributed by atoms with Crippen molar-refractivity contribution in [2.75, 3.05) is 13.7 Å². The fourth-order valence-electron chi connectivity index (χ4n) is 1.80. The lowest BCUT2D eigenvalue weighted by Crippen LogP contribution is -2.34. The standard InChI is InChI=1S/C12H16N2O2/c1-15-8-12(9-2-3-9)14-7-11-5-4-10(6-13)16-11/h4-5,9,12,14H,2-3,7-8H2,1H3. The molecule has 0 saturated heterocycles. The molecule has 1 aromatic heterocycles. The third-order valence-corrected chi connectivity index (χ3v) is 2.85. The summed E-state index contributed by atoms with van der Waals surface area (Å²) in [6.45, 7) is 1.39. The predicted molar refractivity (Wildman–Crippen MR) is 58.7 cm³/mol. The highest BCUT2D eigenvalue weighted by Gasteiger charge is 2.30. The molecule has 1 saturated carbocycles. The molecule has 1 heterocycles. The molecule has 1 fully saturated rings. The Labute approximate surface area is 95.2 Å². The molecular formula is C12H16N2O2. The van der Waals surface area contributed by atoms with Crippen LogP contribution in [0.25, 0.3) is 0 Å². The van der Waals surface area contributed by atoms with E-state index in [-0.39, 0.29) is 0 Å². The lowest BCUT2D eigenvalue weighted by atomic mass is 10.2. The molecule has 1 unspecified atom stereocenters. The summed E-state index contributed by atoms with van der Waals surface area (Å²) in [5, 5.41) is 12.0. The lowest BCUT2D eigenvalue weighted by molar-refractivity contribution is 0.155. The molecule has 0 bridgehead atoms. The Hall–Kier alpha value is -1.31. The van der Waals surface area contributed by atoms with E-state index in [1.807, 2.05) is 12.1 Å². The minimum Gasteiger partial charge on any atom is -0.449 e. The highest BCUT2D eigenvalue weighted by atomic mass is 16.5. The van der Waals surface area contributed by atoms with E-state index in [0.717, 1.165) is 18.3 Å². The summed E-state index contributed by atoms with van der Waals surface area (Å²) < 4.78 is 10.5. The summed E-state index contributed by atoms with van der Waals surface area (Å²) in [7, 11) is 1.72. The Morgan fingerprint density at radius 1 is 1.62 bits per heavy atom. The molecule has 4 nitrogen and oxygen atoms in total. The van der Waals surface area contributed by atoms with Gasteiger partial charge >= 0.3 is 0 Å². The van der Waals surface area contributed by atoms with Gasteiger partial charge in [0.15, 0.2) is 0 Å². The number of furan rings is 1. The number of rotatable bonds is 6. The summed E-state index contributed by atoms with van der Waals surface area (Å²) >= 11 is 0. The number of nitriles is 1. The topological polar surface area (TPSA) is 58.2 Å². The minimum atomic E-state index is 0.367. The van der Waals surface area contributed by atoms with Gasteiger partial charge in [0.05, 0.1) is 13.2 Å². The highest BCUT2D eigenvalue weighted by molar-refractivity contribution is 5.19. The Balaban J connectivity index is 1.82. The van der Waals surface area contributed by atoms with Gasteiger partial charge in [-0.2, -0.15) is 5.26 Å². The first-order valence-corrected chi connectivity index (χ1v) is 5.54. The third-order valence-electron chi connectivity index (χ3n) is 2.85. The van der Waals surface area contributed by atoms with E-state index >= 15 is 0 Å². The third kappa shape index (κ3) is 2.84. The lowest BCUT2D eigenvalue weighted by Gasteiger charge is -2.16. The Bertz CT molecular complexity index is 377. The van der Waals surface area contributed by atoms with Crippen molar-refractivity contribution in [1.29, 1.82) is 5.26 Å². The summed E-state index contributed by atoms with van der Waals surface area (Å²) in [4.78, 5) is 0. The maximum absolute atomic E-state index is 8.63. The first-order chi connectivity index (χ1) is 7.83. The predicted octanol–water partition coefficient (Wildman–Crippen LogP) is 1.67. The van der Waals surface area contributed by atoms with Crippen LogP contribution >= 0.6 is 0 Å². The fraction of sp³-hybridized carbons (Fsp3) is 0.583. The quantitative estimate of drug-likeness (QED) is 0.792. The van der Waals surface area contributed by atoms with Crippen LogP contribution < -0.4 is 5.32 Å². The van der Waals surface area contributed by atoms with E-state index in [1.54, 1.807) is 13.2 Å². The van der Waals surface area contributed by atoms with Crippen LogP contribution in [0.15, 0.2) is 16.5 Å². The van der Waals surface area contributed by atoms with Crippen molar-refractivity contribution in [2.45, 2.75) is 25.4 Å². The molecular weight excluding hydrogens is 204 g/mol. The van der Waals surface area contributed by atoms with E-state index in [0.29, 0.717) is 18.3 Å². The van der Waals surface area contributed by atoms with Crippen molar-refractivity contribution in [3.8, 4) is 6.07 Å². The van der Waals surface area contributed by atoms with Crippen molar-refractivity contribution < 1.29 is 9.15 Å². The second-order valence-corrected chi connectivity index (χ2v) is 4.16. The van der Waals surface area contributed by atoms with E-state index in [4.69, 9.17) is 14.4 Å². The van der Waals surface area contributed by atoms with Gasteiger partial charge in [0, 0.05) is 13.2 Å². The number of hydrogen-bond donors (Lipinski definition) is 1. The van der Waals surface area contributed by atoms with Crippen LogP contribution in [0.1, 0.15) is 24.4 Å². The zero-order valence-electron chi connectivity index (χ0n) is 9.40. The summed E-state index contributed by atoms with van der Waals surface area (Å²) in [6, 6.07) is 5.91. The normalized spacial score (nSPS) is 17.0. The second-order valence-electron chi connectivity index (χ2n) is 4.16. The van der Waals surface area contributed by atoms with E-state index in [9.17, 15) is 0 Å². The van der Waals surface area contributed by atoms with Gasteiger partial charge in [0.2, 0.25) is 5.76 Å². The SMILES string of the molecule is COCC(NCc1ccc(C#N)o1)C1CC1. The van der Waals surface area contributed by atoms with Gasteiger partial charge in [-0.1, -0.05) is 0 Å². The van der Waals surface area contributed by atoms with Gasteiger partial charge < -0.3 is 14.5 Å². The first kappa shape index (κ1) is 11.2. The van der Waals surface area contributed by atoms with Crippen LogP contribution in [0.4, 0.5) is 0 Å². The van der Waals surface area contributed by atoms with Crippen LogP contribution in [0.3, 0.4) is 0 Å². The van der Waals surface area contributed by atoms with E-state index < -0.39 is 0 Å². The van der Waals surface area contributed by atoms with Gasteiger partial charge in [-0.15, -0.1) is 0 Å². The van der Waals surface area contributed by atoms with Gasteiger partial charge in [-0.25, -0.2) is 0 Å². The van der Waals surface area contributed by atoms with Gasteiger partial charge in [-0.3, -0.25) is 0 Å². The van der Waals surface area contributed by atoms with Crippen LogP contribution in [-0.4, -0.2) is 19.8 Å².